The summed E-state index contributed by atoms with van der Waals surface area (Å²) in [5, 5.41) is 22.8. The summed E-state index contributed by atoms with van der Waals surface area (Å²) >= 11 is 0. The number of azide groups is 1. The van der Waals surface area contributed by atoms with E-state index in [1.807, 2.05) is 0 Å². The topological polar surface area (TPSA) is 141 Å². The molecular weight excluding hydrogens is 222 g/mol. The minimum Gasteiger partial charge on any atom is -0.397 e. The van der Waals surface area contributed by atoms with E-state index in [9.17, 15) is 10.2 Å². The van der Waals surface area contributed by atoms with Crippen LogP contribution in [0, 0.1) is 0 Å². The quantitative estimate of drug-likeness (QED) is 0.261. The van der Waals surface area contributed by atoms with Crippen molar-refractivity contribution in [3.63, 3.8) is 0 Å². The van der Waals surface area contributed by atoms with Crippen molar-refractivity contribution < 1.29 is 10.2 Å². The Morgan fingerprint density at radius 1 is 1.29 bits per heavy atom. The van der Waals surface area contributed by atoms with E-state index in [1.165, 1.54) is 6.07 Å². The second-order valence-corrected chi connectivity index (χ2v) is 3.64. The van der Waals surface area contributed by atoms with Crippen molar-refractivity contribution in [2.45, 2.75) is 18.6 Å². The first-order valence-corrected chi connectivity index (χ1v) is 5.08. The van der Waals surface area contributed by atoms with Gasteiger partial charge in [-0.25, -0.2) is 0 Å². The monoisotopic (exact) mass is 237 g/mol. The molecule has 0 saturated carbocycles. The summed E-state index contributed by atoms with van der Waals surface area (Å²) in [5.41, 5.74) is 20.5. The highest BCUT2D eigenvalue weighted by molar-refractivity contribution is 5.64. The molecule has 7 nitrogen and oxygen atoms in total. The Morgan fingerprint density at radius 3 is 2.59 bits per heavy atom. The predicted octanol–water partition coefficient (Wildman–Crippen LogP) is 0.946. The molecule has 2 atom stereocenters. The number of nitrogen functional groups attached to an aromatic ring is 2. The molecule has 1 aromatic carbocycles. The van der Waals surface area contributed by atoms with Crippen molar-refractivity contribution in [2.75, 3.05) is 18.0 Å². The van der Waals surface area contributed by atoms with E-state index >= 15 is 0 Å². The zero-order valence-corrected chi connectivity index (χ0v) is 9.19. The lowest BCUT2D eigenvalue weighted by molar-refractivity contribution is 0.0151. The van der Waals surface area contributed by atoms with Crippen molar-refractivity contribution in [3.8, 4) is 0 Å². The van der Waals surface area contributed by atoms with Crippen molar-refractivity contribution in [1.29, 1.82) is 0 Å². The summed E-state index contributed by atoms with van der Waals surface area (Å²) in [6.07, 6.45) is -1.91. The van der Waals surface area contributed by atoms with Crippen LogP contribution in [-0.4, -0.2) is 22.9 Å². The molecule has 17 heavy (non-hydrogen) atoms. The summed E-state index contributed by atoms with van der Waals surface area (Å²) in [5.74, 6) is 0. The van der Waals surface area contributed by atoms with Gasteiger partial charge < -0.3 is 21.7 Å². The van der Waals surface area contributed by atoms with Crippen LogP contribution in [0.15, 0.2) is 23.3 Å². The molecule has 2 unspecified atom stereocenters. The van der Waals surface area contributed by atoms with Gasteiger partial charge in [-0.1, -0.05) is 11.2 Å². The molecular formula is C10H15N5O2. The van der Waals surface area contributed by atoms with Gasteiger partial charge in [-0.3, -0.25) is 0 Å². The third kappa shape index (κ3) is 3.53. The Kier molecular flexibility index (Phi) is 4.59. The molecule has 0 heterocycles. The van der Waals surface area contributed by atoms with Crippen LogP contribution < -0.4 is 11.5 Å². The molecule has 0 aromatic heterocycles. The van der Waals surface area contributed by atoms with Crippen molar-refractivity contribution in [2.24, 2.45) is 5.11 Å². The zero-order valence-electron chi connectivity index (χ0n) is 9.19. The highest BCUT2D eigenvalue weighted by Gasteiger charge is 2.18. The number of rotatable bonds is 5. The molecule has 0 amide bonds. The van der Waals surface area contributed by atoms with E-state index in [0.717, 1.165) is 0 Å². The average Bonchev–Trinajstić information content (AvgIpc) is 2.32. The van der Waals surface area contributed by atoms with Crippen LogP contribution in [0.5, 0.6) is 0 Å². The molecule has 7 heteroatoms. The fourth-order valence-electron chi connectivity index (χ4n) is 1.39. The maximum Gasteiger partial charge on any atom is 0.105 e. The Balaban J connectivity index is 2.70. The maximum atomic E-state index is 9.82. The van der Waals surface area contributed by atoms with E-state index in [2.05, 4.69) is 10.0 Å². The Bertz CT molecular complexity index is 431. The van der Waals surface area contributed by atoms with E-state index in [0.29, 0.717) is 16.9 Å². The summed E-state index contributed by atoms with van der Waals surface area (Å²) in [6, 6.07) is 4.66. The third-order valence-corrected chi connectivity index (χ3v) is 2.40. The van der Waals surface area contributed by atoms with Gasteiger partial charge in [0, 0.05) is 11.5 Å². The maximum absolute atomic E-state index is 9.82. The number of nitrogens with zero attached hydrogens (tertiary/aromatic N) is 3. The lowest BCUT2D eigenvalue weighted by Gasteiger charge is -2.18. The van der Waals surface area contributed by atoms with E-state index in [4.69, 9.17) is 17.0 Å². The standard InChI is InChI=1S/C10H15N5O2/c11-7-2-1-6(5-8(7)12)10(17)9(16)3-4-14-15-13/h1-2,5,9-10,16-17H,3-4,11-12H2. The van der Waals surface area contributed by atoms with Crippen LogP contribution in [0.1, 0.15) is 18.1 Å². The highest BCUT2D eigenvalue weighted by atomic mass is 16.3. The molecule has 1 aromatic rings. The van der Waals surface area contributed by atoms with Gasteiger partial charge in [0.2, 0.25) is 0 Å². The molecule has 1 rings (SSSR count). The molecule has 0 saturated heterocycles. The smallest absolute Gasteiger partial charge is 0.105 e. The van der Waals surface area contributed by atoms with Gasteiger partial charge in [0.15, 0.2) is 0 Å². The molecule has 0 aliphatic rings. The second-order valence-electron chi connectivity index (χ2n) is 3.64. The SMILES string of the molecule is [N-]=[N+]=NCCC(O)C(O)c1ccc(N)c(N)c1. The number of hydrogen-bond acceptors (Lipinski definition) is 5. The van der Waals surface area contributed by atoms with Crippen LogP contribution in [-0.2, 0) is 0 Å². The molecule has 0 aliphatic carbocycles. The fourth-order valence-corrected chi connectivity index (χ4v) is 1.39. The molecule has 0 bridgehead atoms. The van der Waals surface area contributed by atoms with E-state index in [1.54, 1.807) is 12.1 Å². The van der Waals surface area contributed by atoms with E-state index < -0.39 is 12.2 Å². The number of aliphatic hydroxyl groups excluding tert-OH is 2. The lowest BCUT2D eigenvalue weighted by Crippen LogP contribution is -2.19. The summed E-state index contributed by atoms with van der Waals surface area (Å²) in [7, 11) is 0. The van der Waals surface area contributed by atoms with Gasteiger partial charge in [0.05, 0.1) is 17.5 Å². The van der Waals surface area contributed by atoms with Gasteiger partial charge in [0.1, 0.15) is 6.10 Å². The van der Waals surface area contributed by atoms with E-state index in [-0.39, 0.29) is 13.0 Å². The van der Waals surface area contributed by atoms with Crippen molar-refractivity contribution in [3.05, 3.63) is 34.2 Å². The van der Waals surface area contributed by atoms with Crippen LogP contribution in [0.2, 0.25) is 0 Å². The number of hydrogen-bond donors (Lipinski definition) is 4. The van der Waals surface area contributed by atoms with Gasteiger partial charge in [-0.05, 0) is 29.6 Å². The molecule has 0 radical (unpaired) electrons. The van der Waals surface area contributed by atoms with Crippen LogP contribution in [0.3, 0.4) is 0 Å². The number of anilines is 2. The van der Waals surface area contributed by atoms with Gasteiger partial charge in [-0.2, -0.15) is 0 Å². The highest BCUT2D eigenvalue weighted by Crippen LogP contribution is 2.24. The van der Waals surface area contributed by atoms with Gasteiger partial charge >= 0.3 is 0 Å². The normalized spacial score (nSPS) is 13.8. The van der Waals surface area contributed by atoms with Crippen LogP contribution >= 0.6 is 0 Å². The predicted molar refractivity (Wildman–Crippen MR) is 64.9 cm³/mol. The van der Waals surface area contributed by atoms with Gasteiger partial charge in [0.25, 0.3) is 0 Å². The minimum absolute atomic E-state index is 0.124. The average molecular weight is 237 g/mol. The third-order valence-electron chi connectivity index (χ3n) is 2.40. The number of nitrogens with two attached hydrogens (primary N) is 2. The second kappa shape index (κ2) is 5.95. The number of benzene rings is 1. The zero-order chi connectivity index (χ0) is 12.8. The fraction of sp³-hybridized carbons (Fsp3) is 0.400. The Morgan fingerprint density at radius 2 is 2.00 bits per heavy atom. The largest absolute Gasteiger partial charge is 0.397 e. The summed E-state index contributed by atoms with van der Waals surface area (Å²) in [6.45, 7) is 0.124. The Hall–Kier alpha value is -1.95. The molecule has 6 N–H and O–H groups in total. The van der Waals surface area contributed by atoms with Crippen molar-refractivity contribution >= 4 is 11.4 Å². The first-order valence-electron chi connectivity index (χ1n) is 5.08. The first-order chi connectivity index (χ1) is 8.06. The lowest BCUT2D eigenvalue weighted by atomic mass is 10.0. The molecule has 0 spiro atoms. The molecule has 0 fully saturated rings. The summed E-state index contributed by atoms with van der Waals surface area (Å²) in [4.78, 5) is 2.56. The minimum atomic E-state index is -1.08. The number of aliphatic hydroxyl groups is 2. The van der Waals surface area contributed by atoms with Gasteiger partial charge in [-0.15, -0.1) is 0 Å². The first kappa shape index (κ1) is 13.1. The summed E-state index contributed by atoms with van der Waals surface area (Å²) < 4.78 is 0. The van der Waals surface area contributed by atoms with Crippen LogP contribution in [0.25, 0.3) is 10.4 Å². The Labute approximate surface area is 98.3 Å². The molecule has 0 aliphatic heterocycles. The van der Waals surface area contributed by atoms with Crippen molar-refractivity contribution in [1.82, 2.24) is 0 Å². The molecule has 92 valence electrons. The van der Waals surface area contributed by atoms with Crippen LogP contribution in [0.4, 0.5) is 11.4 Å².